The molecule has 2 atom stereocenters. The van der Waals surface area contributed by atoms with Gasteiger partial charge in [-0.1, -0.05) is 6.58 Å². The molecule has 2 aliphatic rings. The fourth-order valence-corrected chi connectivity index (χ4v) is 2.12. The number of carbonyl (C=O) groups excluding carboxylic acids is 1. The summed E-state index contributed by atoms with van der Waals surface area (Å²) in [7, 11) is 0. The van der Waals surface area contributed by atoms with Crippen LogP contribution < -0.4 is 0 Å². The molecule has 0 aliphatic carbocycles. The second kappa shape index (κ2) is 3.60. The van der Waals surface area contributed by atoms with Crippen LogP contribution in [0, 0.1) is 0 Å². The Bertz CT molecular complexity index is 227. The minimum absolute atomic E-state index is 0.0188. The van der Waals surface area contributed by atoms with E-state index >= 15 is 0 Å². The van der Waals surface area contributed by atoms with Gasteiger partial charge in [-0.25, -0.2) is 0 Å². The van der Waals surface area contributed by atoms with Gasteiger partial charge < -0.3 is 4.74 Å². The molecule has 0 radical (unpaired) electrons. The van der Waals surface area contributed by atoms with Gasteiger partial charge in [-0.15, -0.1) is 0 Å². The number of carbonyl (C=O) groups is 1. The van der Waals surface area contributed by atoms with Gasteiger partial charge in [0.25, 0.3) is 0 Å². The minimum atomic E-state index is -0.258. The van der Waals surface area contributed by atoms with Gasteiger partial charge in [-0.3, -0.25) is 9.69 Å². The summed E-state index contributed by atoms with van der Waals surface area (Å²) in [6, 6.07) is 0.564. The molecule has 0 aromatic heterocycles. The van der Waals surface area contributed by atoms with Crippen LogP contribution in [0.25, 0.3) is 0 Å². The van der Waals surface area contributed by atoms with Crippen molar-refractivity contribution in [3.05, 3.63) is 12.7 Å². The van der Waals surface area contributed by atoms with Gasteiger partial charge in [0.05, 0.1) is 6.61 Å². The molecule has 13 heavy (non-hydrogen) atoms. The summed E-state index contributed by atoms with van der Waals surface area (Å²) < 4.78 is 5.48. The lowest BCUT2D eigenvalue weighted by Gasteiger charge is -2.33. The van der Waals surface area contributed by atoms with Crippen molar-refractivity contribution in [2.75, 3.05) is 19.7 Å². The van der Waals surface area contributed by atoms with Gasteiger partial charge in [0, 0.05) is 12.6 Å². The van der Waals surface area contributed by atoms with Crippen molar-refractivity contribution in [2.45, 2.75) is 25.0 Å². The molecule has 2 unspecified atom stereocenters. The van der Waals surface area contributed by atoms with Gasteiger partial charge in [-0.05, 0) is 25.5 Å². The van der Waals surface area contributed by atoms with Gasteiger partial charge in [-0.2, -0.15) is 0 Å². The fraction of sp³-hybridized carbons (Fsp3) is 0.700. The van der Waals surface area contributed by atoms with Crippen molar-refractivity contribution in [1.82, 2.24) is 4.90 Å². The smallest absolute Gasteiger partial charge is 0.185 e. The third-order valence-corrected chi connectivity index (χ3v) is 2.91. The Hall–Kier alpha value is -0.670. The van der Waals surface area contributed by atoms with E-state index in [0.29, 0.717) is 12.6 Å². The van der Waals surface area contributed by atoms with E-state index in [-0.39, 0.29) is 11.9 Å². The number of nitrogens with zero attached hydrogens (tertiary/aromatic N) is 1. The molecule has 0 N–H and O–H groups in total. The molecular weight excluding hydrogens is 166 g/mol. The predicted molar refractivity (Wildman–Crippen MR) is 49.5 cm³/mol. The zero-order chi connectivity index (χ0) is 9.26. The fourth-order valence-electron chi connectivity index (χ4n) is 2.12. The van der Waals surface area contributed by atoms with Gasteiger partial charge in [0.1, 0.15) is 6.10 Å². The van der Waals surface area contributed by atoms with Crippen molar-refractivity contribution in [3.8, 4) is 0 Å². The predicted octanol–water partition coefficient (Wildman–Crippen LogP) is 0.605. The lowest BCUT2D eigenvalue weighted by atomic mass is 10.1. The number of morpholine rings is 1. The molecule has 2 fully saturated rings. The van der Waals surface area contributed by atoms with E-state index in [1.54, 1.807) is 0 Å². The number of fused-ring (bicyclic) bond motifs is 1. The monoisotopic (exact) mass is 181 g/mol. The summed E-state index contributed by atoms with van der Waals surface area (Å²) in [6.45, 7) is 6.07. The summed E-state index contributed by atoms with van der Waals surface area (Å²) >= 11 is 0. The summed E-state index contributed by atoms with van der Waals surface area (Å²) in [6.07, 6.45) is 3.56. The molecule has 2 heterocycles. The van der Waals surface area contributed by atoms with Crippen LogP contribution >= 0.6 is 0 Å². The first-order chi connectivity index (χ1) is 6.31. The molecule has 72 valence electrons. The van der Waals surface area contributed by atoms with Crippen LogP contribution in [0.1, 0.15) is 12.8 Å². The standard InChI is InChI=1S/C10H15NO2/c1-2-9(12)10-6-11-5-3-4-8(11)7-13-10/h2,8,10H,1,3-7H2. The van der Waals surface area contributed by atoms with Crippen LogP contribution in [-0.2, 0) is 9.53 Å². The molecule has 2 aliphatic heterocycles. The van der Waals surface area contributed by atoms with Crippen molar-refractivity contribution in [2.24, 2.45) is 0 Å². The average Bonchev–Trinajstić information content (AvgIpc) is 2.63. The maximum atomic E-state index is 11.3. The highest BCUT2D eigenvalue weighted by molar-refractivity contribution is 5.93. The normalized spacial score (nSPS) is 34.2. The molecule has 0 spiro atoms. The zero-order valence-electron chi connectivity index (χ0n) is 7.74. The van der Waals surface area contributed by atoms with E-state index < -0.39 is 0 Å². The molecule has 0 aromatic rings. The number of rotatable bonds is 2. The topological polar surface area (TPSA) is 29.5 Å². The van der Waals surface area contributed by atoms with E-state index in [2.05, 4.69) is 11.5 Å². The Balaban J connectivity index is 1.96. The summed E-state index contributed by atoms with van der Waals surface area (Å²) in [5.41, 5.74) is 0. The van der Waals surface area contributed by atoms with Crippen LogP contribution in [0.2, 0.25) is 0 Å². The van der Waals surface area contributed by atoms with Crippen molar-refractivity contribution in [3.63, 3.8) is 0 Å². The molecule has 0 saturated carbocycles. The van der Waals surface area contributed by atoms with Crippen LogP contribution in [-0.4, -0.2) is 42.5 Å². The third kappa shape index (κ3) is 1.67. The summed E-state index contributed by atoms with van der Waals surface area (Å²) in [5, 5.41) is 0. The van der Waals surface area contributed by atoms with E-state index in [4.69, 9.17) is 4.74 Å². The highest BCUT2D eigenvalue weighted by Crippen LogP contribution is 2.22. The van der Waals surface area contributed by atoms with Crippen LogP contribution in [0.4, 0.5) is 0 Å². The SMILES string of the molecule is C=CC(=O)C1CN2CCCC2CO1. The Labute approximate surface area is 78.4 Å². The highest BCUT2D eigenvalue weighted by Gasteiger charge is 2.34. The van der Waals surface area contributed by atoms with Crippen molar-refractivity contribution in [1.29, 1.82) is 0 Å². The van der Waals surface area contributed by atoms with E-state index in [1.807, 2.05) is 0 Å². The van der Waals surface area contributed by atoms with Gasteiger partial charge >= 0.3 is 0 Å². The summed E-state index contributed by atoms with van der Waals surface area (Å²) in [4.78, 5) is 13.6. The van der Waals surface area contributed by atoms with Crippen LogP contribution in [0.15, 0.2) is 12.7 Å². The van der Waals surface area contributed by atoms with Gasteiger partial charge in [0.2, 0.25) is 0 Å². The largest absolute Gasteiger partial charge is 0.367 e. The van der Waals surface area contributed by atoms with Crippen molar-refractivity contribution < 1.29 is 9.53 Å². The molecule has 3 heteroatoms. The van der Waals surface area contributed by atoms with Crippen LogP contribution in [0.3, 0.4) is 0 Å². The molecule has 0 aromatic carbocycles. The minimum Gasteiger partial charge on any atom is -0.367 e. The zero-order valence-corrected chi connectivity index (χ0v) is 7.74. The Morgan fingerprint density at radius 2 is 2.46 bits per heavy atom. The lowest BCUT2D eigenvalue weighted by Crippen LogP contribution is -2.48. The number of ether oxygens (including phenoxy) is 1. The molecule has 0 amide bonds. The molecule has 2 saturated heterocycles. The Kier molecular flexibility index (Phi) is 2.47. The van der Waals surface area contributed by atoms with E-state index in [9.17, 15) is 4.79 Å². The van der Waals surface area contributed by atoms with Gasteiger partial charge in [0.15, 0.2) is 5.78 Å². The second-order valence-corrected chi connectivity index (χ2v) is 3.72. The average molecular weight is 181 g/mol. The second-order valence-electron chi connectivity index (χ2n) is 3.72. The number of hydrogen-bond donors (Lipinski definition) is 0. The molecule has 2 rings (SSSR count). The highest BCUT2D eigenvalue weighted by atomic mass is 16.5. The maximum absolute atomic E-state index is 11.3. The number of hydrogen-bond acceptors (Lipinski definition) is 3. The first-order valence-electron chi connectivity index (χ1n) is 4.83. The molecular formula is C10H15NO2. The Morgan fingerprint density at radius 3 is 3.23 bits per heavy atom. The first kappa shape index (κ1) is 8.91. The maximum Gasteiger partial charge on any atom is 0.185 e. The van der Waals surface area contributed by atoms with E-state index in [0.717, 1.165) is 13.1 Å². The van der Waals surface area contributed by atoms with Crippen LogP contribution in [0.5, 0.6) is 0 Å². The molecule has 0 bridgehead atoms. The number of ketones is 1. The quantitative estimate of drug-likeness (QED) is 0.584. The van der Waals surface area contributed by atoms with Crippen molar-refractivity contribution >= 4 is 5.78 Å². The Morgan fingerprint density at radius 1 is 1.62 bits per heavy atom. The lowest BCUT2D eigenvalue weighted by molar-refractivity contribution is -0.133. The third-order valence-electron chi connectivity index (χ3n) is 2.91. The first-order valence-corrected chi connectivity index (χ1v) is 4.83. The summed E-state index contributed by atoms with van der Waals surface area (Å²) in [5.74, 6) is 0.0188. The van der Waals surface area contributed by atoms with E-state index in [1.165, 1.54) is 18.9 Å². The molecule has 3 nitrogen and oxygen atoms in total.